The van der Waals surface area contributed by atoms with Crippen molar-refractivity contribution in [1.29, 1.82) is 0 Å². The molecule has 2 aromatic rings. The van der Waals surface area contributed by atoms with E-state index in [0.717, 1.165) is 0 Å². The van der Waals surface area contributed by atoms with Crippen molar-refractivity contribution in [3.8, 4) is 0 Å². The molecule has 0 bridgehead atoms. The first kappa shape index (κ1) is 12.0. The third-order valence-electron chi connectivity index (χ3n) is 2.42. The Balaban J connectivity index is 2.46. The highest BCUT2D eigenvalue weighted by Gasteiger charge is 2.17. The zero-order valence-electron chi connectivity index (χ0n) is 8.90. The lowest BCUT2D eigenvalue weighted by atomic mass is 10.0. The smallest absolute Gasteiger partial charge is 0.123 e. The molecule has 3 nitrogen and oxygen atoms in total. The van der Waals surface area contributed by atoms with Crippen molar-refractivity contribution in [2.24, 2.45) is 5.84 Å². The van der Waals surface area contributed by atoms with Gasteiger partial charge in [-0.15, -0.1) is 0 Å². The Bertz CT molecular complexity index is 504. The van der Waals surface area contributed by atoms with Crippen LogP contribution in [0.4, 0.5) is 4.39 Å². The number of hydrogen-bond donors (Lipinski definition) is 2. The van der Waals surface area contributed by atoms with Crippen LogP contribution in [0.2, 0.25) is 5.02 Å². The van der Waals surface area contributed by atoms with E-state index >= 15 is 0 Å². The zero-order valence-corrected chi connectivity index (χ0v) is 9.66. The molecule has 1 aromatic carbocycles. The summed E-state index contributed by atoms with van der Waals surface area (Å²) in [4.78, 5) is 4.17. The summed E-state index contributed by atoms with van der Waals surface area (Å²) in [6.07, 6.45) is 1.65. The van der Waals surface area contributed by atoms with E-state index in [1.165, 1.54) is 18.2 Å². The normalized spacial score (nSPS) is 12.4. The Hall–Kier alpha value is -1.49. The van der Waals surface area contributed by atoms with Gasteiger partial charge in [-0.1, -0.05) is 17.7 Å². The summed E-state index contributed by atoms with van der Waals surface area (Å²) in [5.74, 6) is 5.12. The molecule has 88 valence electrons. The average Bonchev–Trinajstić information content (AvgIpc) is 2.36. The lowest BCUT2D eigenvalue weighted by molar-refractivity contribution is 0.598. The molecule has 0 saturated heterocycles. The second-order valence-corrected chi connectivity index (χ2v) is 3.93. The molecule has 0 saturated carbocycles. The van der Waals surface area contributed by atoms with Crippen molar-refractivity contribution in [2.75, 3.05) is 0 Å². The van der Waals surface area contributed by atoms with Gasteiger partial charge >= 0.3 is 0 Å². The van der Waals surface area contributed by atoms with Crippen LogP contribution in [0.25, 0.3) is 0 Å². The Morgan fingerprint density at radius 1 is 1.29 bits per heavy atom. The van der Waals surface area contributed by atoms with Crippen molar-refractivity contribution in [2.45, 2.75) is 6.04 Å². The van der Waals surface area contributed by atoms with Crippen LogP contribution in [0, 0.1) is 5.82 Å². The van der Waals surface area contributed by atoms with Gasteiger partial charge in [0, 0.05) is 11.2 Å². The van der Waals surface area contributed by atoms with Crippen LogP contribution in [0.15, 0.2) is 42.6 Å². The molecule has 1 aromatic heterocycles. The average molecular weight is 252 g/mol. The van der Waals surface area contributed by atoms with Gasteiger partial charge < -0.3 is 0 Å². The van der Waals surface area contributed by atoms with Gasteiger partial charge in [-0.3, -0.25) is 10.8 Å². The lowest BCUT2D eigenvalue weighted by Crippen LogP contribution is -2.29. The van der Waals surface area contributed by atoms with Crippen LogP contribution in [-0.4, -0.2) is 4.98 Å². The number of aromatic nitrogens is 1. The molecule has 0 aliphatic carbocycles. The van der Waals surface area contributed by atoms with Crippen molar-refractivity contribution in [3.63, 3.8) is 0 Å². The number of pyridine rings is 1. The van der Waals surface area contributed by atoms with Gasteiger partial charge in [-0.05, 0) is 35.9 Å². The van der Waals surface area contributed by atoms with E-state index in [9.17, 15) is 4.39 Å². The third-order valence-corrected chi connectivity index (χ3v) is 2.76. The molecule has 17 heavy (non-hydrogen) atoms. The maximum atomic E-state index is 13.2. The van der Waals surface area contributed by atoms with Crippen LogP contribution in [-0.2, 0) is 0 Å². The monoisotopic (exact) mass is 251 g/mol. The maximum absolute atomic E-state index is 13.2. The highest BCUT2D eigenvalue weighted by atomic mass is 35.5. The molecule has 1 heterocycles. The maximum Gasteiger partial charge on any atom is 0.123 e. The minimum atomic E-state index is -0.431. The SMILES string of the molecule is NNC(c1ccccn1)c1cc(F)ccc1Cl. The van der Waals surface area contributed by atoms with Crippen molar-refractivity contribution in [3.05, 3.63) is 64.7 Å². The predicted octanol–water partition coefficient (Wildman–Crippen LogP) is 2.43. The van der Waals surface area contributed by atoms with E-state index in [2.05, 4.69) is 10.4 Å². The standard InChI is InChI=1S/C12H11ClFN3/c13-10-5-4-8(14)7-9(10)12(17-15)11-3-1-2-6-16-11/h1-7,12,17H,15H2. The fourth-order valence-corrected chi connectivity index (χ4v) is 1.84. The van der Waals surface area contributed by atoms with Crippen LogP contribution in [0.5, 0.6) is 0 Å². The fraction of sp³-hybridized carbons (Fsp3) is 0.0833. The molecule has 0 fully saturated rings. The zero-order chi connectivity index (χ0) is 12.3. The first-order valence-corrected chi connectivity index (χ1v) is 5.42. The number of benzene rings is 1. The third kappa shape index (κ3) is 2.61. The quantitative estimate of drug-likeness (QED) is 0.651. The Kier molecular flexibility index (Phi) is 3.68. The molecule has 1 atom stereocenters. The van der Waals surface area contributed by atoms with Gasteiger partial charge in [-0.2, -0.15) is 0 Å². The molecule has 0 amide bonds. The fourth-order valence-electron chi connectivity index (χ4n) is 1.62. The van der Waals surface area contributed by atoms with Gasteiger partial charge in [0.15, 0.2) is 0 Å². The summed E-state index contributed by atoms with van der Waals surface area (Å²) in [6.45, 7) is 0. The molecule has 1 unspecified atom stereocenters. The Morgan fingerprint density at radius 3 is 2.76 bits per heavy atom. The summed E-state index contributed by atoms with van der Waals surface area (Å²) < 4.78 is 13.2. The largest absolute Gasteiger partial charge is 0.271 e. The topological polar surface area (TPSA) is 50.9 Å². The van der Waals surface area contributed by atoms with E-state index in [4.69, 9.17) is 17.4 Å². The van der Waals surface area contributed by atoms with Crippen molar-refractivity contribution < 1.29 is 4.39 Å². The van der Waals surface area contributed by atoms with Gasteiger partial charge in [-0.25, -0.2) is 9.82 Å². The van der Waals surface area contributed by atoms with Crippen LogP contribution < -0.4 is 11.3 Å². The van der Waals surface area contributed by atoms with Crippen molar-refractivity contribution >= 4 is 11.6 Å². The predicted molar refractivity (Wildman–Crippen MR) is 64.8 cm³/mol. The highest BCUT2D eigenvalue weighted by Crippen LogP contribution is 2.27. The van der Waals surface area contributed by atoms with E-state index in [1.54, 1.807) is 18.3 Å². The van der Waals surface area contributed by atoms with Gasteiger partial charge in [0.1, 0.15) is 5.82 Å². The molecule has 0 aliphatic rings. The molecular weight excluding hydrogens is 241 g/mol. The second-order valence-electron chi connectivity index (χ2n) is 3.52. The lowest BCUT2D eigenvalue weighted by Gasteiger charge is -2.17. The number of hydrogen-bond acceptors (Lipinski definition) is 3. The summed E-state index contributed by atoms with van der Waals surface area (Å²) in [7, 11) is 0. The minimum Gasteiger partial charge on any atom is -0.271 e. The molecule has 0 radical (unpaired) electrons. The first-order valence-electron chi connectivity index (χ1n) is 5.04. The molecule has 0 spiro atoms. The summed E-state index contributed by atoms with van der Waals surface area (Å²) in [5.41, 5.74) is 3.83. The van der Waals surface area contributed by atoms with Gasteiger partial charge in [0.05, 0.1) is 11.7 Å². The number of nitrogens with one attached hydrogen (secondary N) is 1. The van der Waals surface area contributed by atoms with E-state index in [1.807, 2.05) is 6.07 Å². The van der Waals surface area contributed by atoms with Gasteiger partial charge in [0.2, 0.25) is 0 Å². The van der Waals surface area contributed by atoms with E-state index in [0.29, 0.717) is 16.3 Å². The van der Waals surface area contributed by atoms with Crippen LogP contribution in [0.1, 0.15) is 17.3 Å². The molecule has 0 aliphatic heterocycles. The Morgan fingerprint density at radius 2 is 2.12 bits per heavy atom. The van der Waals surface area contributed by atoms with Crippen molar-refractivity contribution in [1.82, 2.24) is 10.4 Å². The second kappa shape index (κ2) is 5.23. The molecule has 2 rings (SSSR count). The summed E-state index contributed by atoms with van der Waals surface area (Å²) >= 11 is 6.03. The number of nitrogens with zero attached hydrogens (tertiary/aromatic N) is 1. The van der Waals surface area contributed by atoms with E-state index in [-0.39, 0.29) is 5.82 Å². The molecule has 3 N–H and O–H groups in total. The number of nitrogens with two attached hydrogens (primary N) is 1. The highest BCUT2D eigenvalue weighted by molar-refractivity contribution is 6.31. The number of rotatable bonds is 3. The minimum absolute atomic E-state index is 0.361. The summed E-state index contributed by atoms with van der Waals surface area (Å²) in [5, 5.41) is 0.444. The first-order chi connectivity index (χ1) is 8.22. The molecular formula is C12H11ClFN3. The van der Waals surface area contributed by atoms with Crippen LogP contribution in [0.3, 0.4) is 0 Å². The summed E-state index contributed by atoms with van der Waals surface area (Å²) in [6, 6.07) is 9.15. The number of halogens is 2. The molecule has 5 heteroatoms. The van der Waals surface area contributed by atoms with E-state index < -0.39 is 6.04 Å². The number of hydrazine groups is 1. The van der Waals surface area contributed by atoms with Crippen LogP contribution >= 0.6 is 11.6 Å². The van der Waals surface area contributed by atoms with Gasteiger partial charge in [0.25, 0.3) is 0 Å². The Labute approximate surface area is 103 Å².